The molecule has 3 heterocycles. The fourth-order valence-corrected chi connectivity index (χ4v) is 8.45. The molecule has 1 aromatic carbocycles. The summed E-state index contributed by atoms with van der Waals surface area (Å²) in [4.78, 5) is 147. The highest BCUT2D eigenvalue weighted by Crippen LogP contribution is 2.26. The van der Waals surface area contributed by atoms with Crippen molar-refractivity contribution in [1.29, 1.82) is 0 Å². The van der Waals surface area contributed by atoms with E-state index in [2.05, 4.69) is 46.9 Å². The Labute approximate surface area is 420 Å². The Morgan fingerprint density at radius 3 is 1.93 bits per heavy atom. The molecule has 8 amide bonds. The second kappa shape index (κ2) is 27.7. The zero-order chi connectivity index (χ0) is 53.9. The van der Waals surface area contributed by atoms with E-state index in [-0.39, 0.29) is 82.3 Å². The number of carbonyl (C=O) groups excluding carboxylic acids is 8. The molecule has 0 aliphatic carbocycles. The van der Waals surface area contributed by atoms with Gasteiger partial charge in [0.05, 0.1) is 12.9 Å². The molecular weight excluding hydrogens is 957 g/mol. The molecule has 2 aliphatic heterocycles. The highest BCUT2D eigenvalue weighted by atomic mass is 16.4. The lowest BCUT2D eigenvalue weighted by Gasteiger charge is -2.33. The molecule has 0 bridgehead atoms. The standard InChI is InChI=1S/C46H68N14O13/c1-24(2)37(58-35(62)21-47)42(69)53-25(3)43(70)60-18-6-9-34(60)44(71)59-17-5-8-33(59)41(68)54-29(14-15-36(63)64)38(65)56-31(19-26-10-12-28(61)13-11-26)39(66)57-32(20-27-22-50-23-52-27)40(67)55-30(45(72)73)7-4-16-51-46(48)49/h10-13,22-25,29-34,37,61H,4-9,14-21,47H2,1-3H3,(H,50,52)(H,53,69)(H,54,68)(H,55,67)(H,56,65)(H,57,66)(H,58,62)(H,63,64)(H,72,73)(H4,48,49,51)/t25-,29-,30-,31-,32-,33-,34-,37-/m0/s1. The molecule has 4 rings (SSSR count). The predicted octanol–water partition coefficient (Wildman–Crippen LogP) is -3.57. The second-order valence-electron chi connectivity index (χ2n) is 18.2. The maximum atomic E-state index is 14.3. The van der Waals surface area contributed by atoms with Gasteiger partial charge < -0.3 is 79.2 Å². The summed E-state index contributed by atoms with van der Waals surface area (Å²) in [6.07, 6.45) is 2.42. The van der Waals surface area contributed by atoms with Crippen molar-refractivity contribution in [3.05, 3.63) is 48.0 Å². The van der Waals surface area contributed by atoms with E-state index in [4.69, 9.17) is 17.2 Å². The third-order valence-electron chi connectivity index (χ3n) is 12.3. The first-order valence-electron chi connectivity index (χ1n) is 24.0. The third kappa shape index (κ3) is 17.5. The minimum Gasteiger partial charge on any atom is -0.508 e. The Hall–Kier alpha value is -7.84. The Bertz CT molecular complexity index is 2310. The van der Waals surface area contributed by atoms with Gasteiger partial charge in [-0.15, -0.1) is 0 Å². The van der Waals surface area contributed by atoms with Gasteiger partial charge in [-0.2, -0.15) is 0 Å². The lowest BCUT2D eigenvalue weighted by Crippen LogP contribution is -2.60. The number of carbonyl (C=O) groups is 10. The number of hydrogen-bond donors (Lipinski definition) is 13. The molecule has 16 N–H and O–H groups in total. The number of imidazole rings is 1. The monoisotopic (exact) mass is 1020 g/mol. The van der Waals surface area contributed by atoms with Gasteiger partial charge in [0.25, 0.3) is 0 Å². The number of rotatable bonds is 27. The summed E-state index contributed by atoms with van der Waals surface area (Å²) in [6, 6.07) is -4.66. The zero-order valence-electron chi connectivity index (χ0n) is 41.0. The topological polar surface area (TPSA) is 429 Å². The summed E-state index contributed by atoms with van der Waals surface area (Å²) in [7, 11) is 0. The van der Waals surface area contributed by atoms with Gasteiger partial charge in [-0.1, -0.05) is 26.0 Å². The van der Waals surface area contributed by atoms with Crippen LogP contribution in [0.15, 0.2) is 41.8 Å². The van der Waals surface area contributed by atoms with E-state index in [0.29, 0.717) is 24.1 Å². The maximum Gasteiger partial charge on any atom is 0.326 e. The number of hydrogen-bond acceptors (Lipinski definition) is 14. The van der Waals surface area contributed by atoms with Crippen molar-refractivity contribution in [2.75, 3.05) is 26.2 Å². The van der Waals surface area contributed by atoms with Crippen LogP contribution in [0.4, 0.5) is 0 Å². The normalized spacial score (nSPS) is 17.7. The van der Waals surface area contributed by atoms with Gasteiger partial charge in [-0.3, -0.25) is 48.1 Å². The zero-order valence-corrected chi connectivity index (χ0v) is 41.0. The van der Waals surface area contributed by atoms with Gasteiger partial charge in [0.2, 0.25) is 47.3 Å². The average molecular weight is 1030 g/mol. The summed E-state index contributed by atoms with van der Waals surface area (Å²) >= 11 is 0. The summed E-state index contributed by atoms with van der Waals surface area (Å²) < 4.78 is 0. The van der Waals surface area contributed by atoms with Gasteiger partial charge in [0.15, 0.2) is 5.96 Å². The minimum atomic E-state index is -1.59. The van der Waals surface area contributed by atoms with Crippen LogP contribution < -0.4 is 49.1 Å². The Kier molecular flexibility index (Phi) is 21.9. The molecule has 400 valence electrons. The highest BCUT2D eigenvalue weighted by molar-refractivity contribution is 5.98. The Morgan fingerprint density at radius 1 is 0.753 bits per heavy atom. The van der Waals surface area contributed by atoms with Crippen LogP contribution in [0, 0.1) is 5.92 Å². The number of aromatic nitrogens is 2. The third-order valence-corrected chi connectivity index (χ3v) is 12.3. The number of carboxylic acid groups (broad SMARTS) is 2. The molecule has 0 unspecified atom stereocenters. The van der Waals surface area contributed by atoms with Crippen molar-refractivity contribution in [3.63, 3.8) is 0 Å². The first-order valence-corrected chi connectivity index (χ1v) is 24.0. The number of aliphatic carboxylic acids is 2. The van der Waals surface area contributed by atoms with Crippen LogP contribution in [0.3, 0.4) is 0 Å². The molecule has 1 aromatic heterocycles. The predicted molar refractivity (Wildman–Crippen MR) is 259 cm³/mol. The number of aromatic amines is 1. The van der Waals surface area contributed by atoms with E-state index >= 15 is 0 Å². The fourth-order valence-electron chi connectivity index (χ4n) is 8.45. The van der Waals surface area contributed by atoms with Crippen LogP contribution in [-0.4, -0.2) is 175 Å². The molecule has 2 saturated heterocycles. The van der Waals surface area contributed by atoms with Gasteiger partial charge in [0.1, 0.15) is 54.1 Å². The number of nitrogens with two attached hydrogens (primary N) is 3. The lowest BCUT2D eigenvalue weighted by molar-refractivity contribution is -0.148. The van der Waals surface area contributed by atoms with Crippen molar-refractivity contribution in [3.8, 4) is 5.75 Å². The van der Waals surface area contributed by atoms with Crippen LogP contribution in [0.1, 0.15) is 83.4 Å². The molecule has 27 heteroatoms. The first-order chi connectivity index (χ1) is 34.6. The van der Waals surface area contributed by atoms with E-state index in [1.165, 1.54) is 53.5 Å². The van der Waals surface area contributed by atoms with Crippen molar-refractivity contribution >= 4 is 65.2 Å². The van der Waals surface area contributed by atoms with Crippen molar-refractivity contribution in [1.82, 2.24) is 51.7 Å². The second-order valence-corrected chi connectivity index (χ2v) is 18.2. The number of aromatic hydroxyl groups is 1. The average Bonchev–Trinajstić information content (AvgIpc) is 4.16. The molecule has 0 spiro atoms. The van der Waals surface area contributed by atoms with E-state index in [1.807, 2.05) is 0 Å². The van der Waals surface area contributed by atoms with Crippen LogP contribution in [0.25, 0.3) is 0 Å². The number of aliphatic imine (C=N–C) groups is 1. The van der Waals surface area contributed by atoms with Gasteiger partial charge in [-0.05, 0) is 75.5 Å². The van der Waals surface area contributed by atoms with Gasteiger partial charge >= 0.3 is 11.9 Å². The Balaban J connectivity index is 1.54. The molecule has 73 heavy (non-hydrogen) atoms. The van der Waals surface area contributed by atoms with E-state index in [9.17, 15) is 63.3 Å². The van der Waals surface area contributed by atoms with Crippen molar-refractivity contribution in [2.45, 2.75) is 133 Å². The number of phenolic OH excluding ortho intramolecular Hbond substituents is 1. The fraction of sp³-hybridized carbons (Fsp3) is 0.565. The number of H-pyrrole nitrogens is 1. The van der Waals surface area contributed by atoms with Gasteiger partial charge in [-0.25, -0.2) is 9.78 Å². The largest absolute Gasteiger partial charge is 0.508 e. The molecule has 0 saturated carbocycles. The number of guanidine groups is 1. The molecule has 2 fully saturated rings. The smallest absolute Gasteiger partial charge is 0.326 e. The van der Waals surface area contributed by atoms with Crippen LogP contribution in [0.2, 0.25) is 0 Å². The molecule has 2 aliphatic rings. The minimum absolute atomic E-state index is 0.0743. The highest BCUT2D eigenvalue weighted by Gasteiger charge is 2.44. The van der Waals surface area contributed by atoms with Gasteiger partial charge in [0, 0.05) is 50.8 Å². The van der Waals surface area contributed by atoms with E-state index in [1.54, 1.807) is 13.8 Å². The lowest BCUT2D eigenvalue weighted by atomic mass is 10.0. The van der Waals surface area contributed by atoms with Crippen LogP contribution in [0.5, 0.6) is 5.75 Å². The summed E-state index contributed by atoms with van der Waals surface area (Å²) in [5, 5.41) is 44.8. The summed E-state index contributed by atoms with van der Waals surface area (Å²) in [6.45, 7) is 4.87. The van der Waals surface area contributed by atoms with Crippen molar-refractivity contribution < 1.29 is 63.3 Å². The quantitative estimate of drug-likeness (QED) is 0.0234. The number of benzene rings is 1. The summed E-state index contributed by atoms with van der Waals surface area (Å²) in [5.74, 6) is -9.33. The number of amides is 8. The van der Waals surface area contributed by atoms with E-state index in [0.717, 1.165) is 0 Å². The summed E-state index contributed by atoms with van der Waals surface area (Å²) in [5.41, 5.74) is 16.9. The Morgan fingerprint density at radius 2 is 1.36 bits per heavy atom. The number of nitrogens with zero attached hydrogens (tertiary/aromatic N) is 4. The molecule has 0 radical (unpaired) electrons. The van der Waals surface area contributed by atoms with Crippen LogP contribution in [-0.2, 0) is 60.8 Å². The first kappa shape index (κ1) is 57.7. The molecular formula is C46H68N14O13. The van der Waals surface area contributed by atoms with Crippen LogP contribution >= 0.6 is 0 Å². The molecule has 27 nitrogen and oxygen atoms in total. The SMILES string of the molecule is CC(C)[C@H](NC(=O)CN)C(=O)N[C@@H](C)C(=O)N1CCC[C@H]1C(=O)N1CCC[C@H]1C(=O)N[C@@H](CCC(=O)O)C(=O)N[C@@H](Cc1ccc(O)cc1)C(=O)N[C@@H](Cc1cnc[nH]1)C(=O)N[C@@H](CCCN=C(N)N)C(=O)O. The number of carboxylic acids is 2. The maximum absolute atomic E-state index is 14.3. The number of phenols is 1. The molecule has 8 atom stereocenters. The molecule has 2 aromatic rings. The number of nitrogens with one attached hydrogen (secondary N) is 7. The van der Waals surface area contributed by atoms with Crippen molar-refractivity contribution in [2.24, 2.45) is 28.1 Å². The number of likely N-dealkylation sites (tertiary alicyclic amines) is 2. The van der Waals surface area contributed by atoms with E-state index < -0.39 is 120 Å².